The van der Waals surface area contributed by atoms with Crippen LogP contribution in [0.3, 0.4) is 0 Å². The summed E-state index contributed by atoms with van der Waals surface area (Å²) in [5.74, 6) is -1.11. The predicted octanol–water partition coefficient (Wildman–Crippen LogP) is 2.27. The molecule has 0 saturated heterocycles. The molecule has 0 spiro atoms. The molecule has 0 aliphatic heterocycles. The molecule has 0 atom stereocenters. The highest BCUT2D eigenvalue weighted by molar-refractivity contribution is 7.80. The van der Waals surface area contributed by atoms with Crippen molar-refractivity contribution >= 4 is 46.5 Å². The van der Waals surface area contributed by atoms with E-state index in [0.717, 1.165) is 12.2 Å². The van der Waals surface area contributed by atoms with Crippen molar-refractivity contribution < 1.29 is 14.3 Å². The zero-order valence-corrected chi connectivity index (χ0v) is 12.3. The van der Waals surface area contributed by atoms with Gasteiger partial charge in [0.2, 0.25) is 5.91 Å². The van der Waals surface area contributed by atoms with E-state index in [2.05, 4.69) is 15.4 Å². The van der Waals surface area contributed by atoms with Crippen LogP contribution in [0.5, 0.6) is 0 Å². The minimum Gasteiger partial charge on any atom is -0.463 e. The van der Waals surface area contributed by atoms with Crippen molar-refractivity contribution in [1.82, 2.24) is 5.32 Å². The molecule has 0 saturated carbocycles. The molecule has 1 amide bonds. The maximum atomic E-state index is 11.5. The third kappa shape index (κ3) is 6.31. The number of carbonyl (C=O) groups excluding carboxylic acids is 2. The number of hydrogen-bond acceptors (Lipinski definition) is 4. The number of anilines is 1. The number of thiocarbonyl (C=S) groups is 1. The van der Waals surface area contributed by atoms with E-state index in [1.807, 2.05) is 0 Å². The van der Waals surface area contributed by atoms with Gasteiger partial charge in [-0.15, -0.1) is 0 Å². The van der Waals surface area contributed by atoms with Crippen LogP contribution < -0.4 is 10.6 Å². The number of benzene rings is 1. The second-order valence-corrected chi connectivity index (χ2v) is 4.38. The summed E-state index contributed by atoms with van der Waals surface area (Å²) in [4.78, 5) is 22.5. The van der Waals surface area contributed by atoms with Crippen LogP contribution in [0.1, 0.15) is 6.92 Å². The first-order valence-corrected chi connectivity index (χ1v) is 6.52. The maximum absolute atomic E-state index is 11.5. The van der Waals surface area contributed by atoms with Gasteiger partial charge in [-0.1, -0.05) is 11.6 Å². The monoisotopic (exact) mass is 312 g/mol. The van der Waals surface area contributed by atoms with Crippen LogP contribution >= 0.6 is 23.8 Å². The molecule has 0 heterocycles. The lowest BCUT2D eigenvalue weighted by Crippen LogP contribution is -2.32. The Balaban J connectivity index is 2.44. The van der Waals surface area contributed by atoms with Crippen molar-refractivity contribution in [2.24, 2.45) is 0 Å². The fourth-order valence-electron chi connectivity index (χ4n) is 1.18. The number of carbonyl (C=O) groups is 2. The van der Waals surface area contributed by atoms with E-state index in [1.165, 1.54) is 0 Å². The van der Waals surface area contributed by atoms with Gasteiger partial charge >= 0.3 is 5.97 Å². The standard InChI is InChI=1S/C13H13ClN2O3S/c1-2-19-12(18)8-7-11(17)16-13(20)15-10-5-3-9(14)4-6-10/h3-8H,2H2,1H3,(H2,15,16,17,20)/b8-7+. The topological polar surface area (TPSA) is 67.4 Å². The van der Waals surface area contributed by atoms with E-state index in [0.29, 0.717) is 10.7 Å². The summed E-state index contributed by atoms with van der Waals surface area (Å²) in [6, 6.07) is 6.81. The third-order valence-electron chi connectivity index (χ3n) is 2.00. The van der Waals surface area contributed by atoms with E-state index >= 15 is 0 Å². The Morgan fingerprint density at radius 2 is 1.95 bits per heavy atom. The lowest BCUT2D eigenvalue weighted by Gasteiger charge is -2.07. The quantitative estimate of drug-likeness (QED) is 0.507. The Morgan fingerprint density at radius 3 is 2.55 bits per heavy atom. The Hall–Kier alpha value is -1.92. The van der Waals surface area contributed by atoms with Crippen molar-refractivity contribution in [2.45, 2.75) is 6.92 Å². The zero-order chi connectivity index (χ0) is 15.0. The highest BCUT2D eigenvalue weighted by atomic mass is 35.5. The van der Waals surface area contributed by atoms with Crippen molar-refractivity contribution in [1.29, 1.82) is 0 Å². The number of hydrogen-bond donors (Lipinski definition) is 2. The molecule has 1 aromatic rings. The van der Waals surface area contributed by atoms with Gasteiger partial charge in [-0.25, -0.2) is 4.79 Å². The van der Waals surface area contributed by atoms with Crippen molar-refractivity contribution in [3.05, 3.63) is 41.4 Å². The van der Waals surface area contributed by atoms with Gasteiger partial charge in [-0.05, 0) is 43.4 Å². The van der Waals surface area contributed by atoms with Crippen molar-refractivity contribution in [3.63, 3.8) is 0 Å². The minimum atomic E-state index is -0.584. The van der Waals surface area contributed by atoms with E-state index in [9.17, 15) is 9.59 Å². The Kier molecular flexibility index (Phi) is 6.69. The van der Waals surface area contributed by atoms with Gasteiger partial charge in [0.15, 0.2) is 5.11 Å². The second kappa shape index (κ2) is 8.29. The van der Waals surface area contributed by atoms with E-state index in [-0.39, 0.29) is 11.7 Å². The SMILES string of the molecule is CCOC(=O)/C=C/C(=O)NC(=S)Nc1ccc(Cl)cc1. The number of amides is 1. The summed E-state index contributed by atoms with van der Waals surface area (Å²) < 4.78 is 4.64. The molecule has 1 rings (SSSR count). The summed E-state index contributed by atoms with van der Waals surface area (Å²) in [6.45, 7) is 1.93. The summed E-state index contributed by atoms with van der Waals surface area (Å²) in [7, 11) is 0. The van der Waals surface area contributed by atoms with Crippen LogP contribution in [0.15, 0.2) is 36.4 Å². The van der Waals surface area contributed by atoms with Gasteiger partial charge in [0, 0.05) is 22.9 Å². The number of halogens is 1. The minimum absolute atomic E-state index is 0.117. The molecule has 0 aliphatic carbocycles. The normalized spacial score (nSPS) is 10.1. The Bertz CT molecular complexity index is 529. The van der Waals surface area contributed by atoms with Gasteiger partial charge in [0.1, 0.15) is 0 Å². The van der Waals surface area contributed by atoms with E-state index < -0.39 is 11.9 Å². The van der Waals surface area contributed by atoms with Crippen LogP contribution in [-0.2, 0) is 14.3 Å². The number of ether oxygens (including phenoxy) is 1. The molecule has 0 aliphatic rings. The smallest absolute Gasteiger partial charge is 0.330 e. The fraction of sp³-hybridized carbons (Fsp3) is 0.154. The lowest BCUT2D eigenvalue weighted by atomic mass is 10.3. The number of esters is 1. The van der Waals surface area contributed by atoms with Crippen molar-refractivity contribution in [3.8, 4) is 0 Å². The third-order valence-corrected chi connectivity index (χ3v) is 2.45. The molecule has 7 heteroatoms. The summed E-state index contributed by atoms with van der Waals surface area (Å²) in [5, 5.41) is 5.91. The lowest BCUT2D eigenvalue weighted by molar-refractivity contribution is -0.137. The molecule has 5 nitrogen and oxygen atoms in total. The summed E-state index contributed by atoms with van der Waals surface area (Å²) in [6.07, 6.45) is 2.08. The van der Waals surface area contributed by atoms with Gasteiger partial charge in [-0.2, -0.15) is 0 Å². The van der Waals surface area contributed by atoms with Crippen LogP contribution in [0.25, 0.3) is 0 Å². The van der Waals surface area contributed by atoms with Gasteiger partial charge in [0.25, 0.3) is 0 Å². The number of rotatable bonds is 4. The summed E-state index contributed by atoms with van der Waals surface area (Å²) in [5.41, 5.74) is 0.689. The largest absolute Gasteiger partial charge is 0.463 e. The predicted molar refractivity (Wildman–Crippen MR) is 81.6 cm³/mol. The molecule has 20 heavy (non-hydrogen) atoms. The van der Waals surface area contributed by atoms with Crippen LogP contribution in [-0.4, -0.2) is 23.6 Å². The average molecular weight is 313 g/mol. The highest BCUT2D eigenvalue weighted by Gasteiger charge is 2.03. The molecule has 106 valence electrons. The van der Waals surface area contributed by atoms with Crippen LogP contribution in [0.4, 0.5) is 5.69 Å². The van der Waals surface area contributed by atoms with Gasteiger partial charge in [0.05, 0.1) is 6.61 Å². The highest BCUT2D eigenvalue weighted by Crippen LogP contribution is 2.12. The zero-order valence-electron chi connectivity index (χ0n) is 10.7. The molecule has 1 aromatic carbocycles. The molecular weight excluding hydrogens is 300 g/mol. The Labute approximate surface area is 126 Å². The van der Waals surface area contributed by atoms with Crippen LogP contribution in [0.2, 0.25) is 5.02 Å². The molecule has 0 fully saturated rings. The van der Waals surface area contributed by atoms with E-state index in [4.69, 9.17) is 23.8 Å². The molecule has 2 N–H and O–H groups in total. The van der Waals surface area contributed by atoms with Gasteiger partial charge in [-0.3, -0.25) is 10.1 Å². The maximum Gasteiger partial charge on any atom is 0.330 e. The average Bonchev–Trinajstić information content (AvgIpc) is 2.39. The second-order valence-electron chi connectivity index (χ2n) is 3.54. The fourth-order valence-corrected chi connectivity index (χ4v) is 1.53. The molecule has 0 radical (unpaired) electrons. The first-order chi connectivity index (χ1) is 9.51. The first kappa shape index (κ1) is 16.1. The van der Waals surface area contributed by atoms with Gasteiger partial charge < -0.3 is 10.1 Å². The molecule has 0 aromatic heterocycles. The first-order valence-electron chi connectivity index (χ1n) is 5.73. The van der Waals surface area contributed by atoms with Crippen LogP contribution in [0, 0.1) is 0 Å². The number of nitrogens with one attached hydrogen (secondary N) is 2. The molecule has 0 bridgehead atoms. The Morgan fingerprint density at radius 1 is 1.30 bits per heavy atom. The summed E-state index contributed by atoms with van der Waals surface area (Å²) >= 11 is 10.7. The van der Waals surface area contributed by atoms with E-state index in [1.54, 1.807) is 31.2 Å². The molecule has 0 unspecified atom stereocenters. The van der Waals surface area contributed by atoms with Crippen molar-refractivity contribution in [2.75, 3.05) is 11.9 Å². The molecular formula is C13H13ClN2O3S.